The molecule has 1 aromatic rings. The van der Waals surface area contributed by atoms with E-state index >= 15 is 0 Å². The zero-order chi connectivity index (χ0) is 16.8. The number of hydrogen-bond donors (Lipinski definition) is 2. The molecule has 0 bridgehead atoms. The lowest BCUT2D eigenvalue weighted by Gasteiger charge is -2.22. The third-order valence-electron chi connectivity index (χ3n) is 4.80. The average Bonchev–Trinajstić information content (AvgIpc) is 3.45. The van der Waals surface area contributed by atoms with Crippen LogP contribution in [0.4, 0.5) is 0 Å². The van der Waals surface area contributed by atoms with E-state index in [1.807, 2.05) is 6.20 Å². The number of benzene rings is 1. The highest BCUT2D eigenvalue weighted by Crippen LogP contribution is 2.27. The first kappa shape index (κ1) is 16.9. The van der Waals surface area contributed by atoms with Gasteiger partial charge in [-0.1, -0.05) is 30.9 Å². The molecule has 3 heteroatoms. The smallest absolute Gasteiger partial charge is 0.0747 e. The van der Waals surface area contributed by atoms with Gasteiger partial charge >= 0.3 is 0 Å². The summed E-state index contributed by atoms with van der Waals surface area (Å²) in [4.78, 5) is 0. The van der Waals surface area contributed by atoms with Crippen LogP contribution in [0.3, 0.4) is 0 Å². The number of ether oxygens (including phenoxy) is 1. The van der Waals surface area contributed by atoms with Crippen LogP contribution in [-0.4, -0.2) is 19.3 Å². The molecule has 2 unspecified atom stereocenters. The van der Waals surface area contributed by atoms with Gasteiger partial charge in [0.05, 0.1) is 6.10 Å². The minimum absolute atomic E-state index is 0.190. The fourth-order valence-electron chi connectivity index (χ4n) is 2.86. The summed E-state index contributed by atoms with van der Waals surface area (Å²) in [7, 11) is 0. The topological polar surface area (TPSA) is 47.3 Å². The second kappa shape index (κ2) is 8.26. The van der Waals surface area contributed by atoms with Gasteiger partial charge in [0.25, 0.3) is 0 Å². The molecule has 1 aliphatic heterocycles. The molecule has 1 saturated heterocycles. The summed E-state index contributed by atoms with van der Waals surface area (Å²) >= 11 is 0. The van der Waals surface area contributed by atoms with Gasteiger partial charge in [0.15, 0.2) is 0 Å². The van der Waals surface area contributed by atoms with Gasteiger partial charge < -0.3 is 15.8 Å². The van der Waals surface area contributed by atoms with E-state index in [1.54, 1.807) is 0 Å². The van der Waals surface area contributed by atoms with Crippen molar-refractivity contribution >= 4 is 0 Å². The lowest BCUT2D eigenvalue weighted by molar-refractivity contribution is 0.0188. The number of rotatable bonds is 5. The molecule has 0 radical (unpaired) electrons. The maximum absolute atomic E-state index is 6.24. The summed E-state index contributed by atoms with van der Waals surface area (Å²) in [5, 5.41) is 3.32. The molecule has 0 aromatic heterocycles. The summed E-state index contributed by atoms with van der Waals surface area (Å²) in [6, 6.07) is 8.45. The summed E-state index contributed by atoms with van der Waals surface area (Å²) in [6.45, 7) is 3.86. The zero-order valence-corrected chi connectivity index (χ0v) is 14.6. The second-order valence-electron chi connectivity index (χ2n) is 6.93. The van der Waals surface area contributed by atoms with E-state index in [9.17, 15) is 0 Å². The predicted octanol–water partition coefficient (Wildman–Crippen LogP) is 3.51. The van der Waals surface area contributed by atoms with Crippen LogP contribution in [0.5, 0.6) is 0 Å². The van der Waals surface area contributed by atoms with Crippen molar-refractivity contribution in [3.63, 3.8) is 0 Å². The standard InChI is InChI=1S/C21H28N2O/c1-16(21(22)15-23-14-20-4-2-3-13-24-20)19-11-9-18(10-12-19)8-7-17-5-6-17/h9-12,15-17,20,23H,2-6,13-14,22H2,1H3/b21-15-. The normalized spacial score (nSPS) is 22.4. The Morgan fingerprint density at radius 1 is 1.29 bits per heavy atom. The molecule has 0 amide bonds. The third-order valence-corrected chi connectivity index (χ3v) is 4.80. The molecule has 1 aliphatic carbocycles. The first-order valence-corrected chi connectivity index (χ1v) is 9.14. The van der Waals surface area contributed by atoms with E-state index in [2.05, 4.69) is 48.3 Å². The first-order chi connectivity index (χ1) is 11.7. The molecule has 1 saturated carbocycles. The Balaban J connectivity index is 1.51. The summed E-state index contributed by atoms with van der Waals surface area (Å²) in [5.41, 5.74) is 9.40. The van der Waals surface area contributed by atoms with Crippen LogP contribution < -0.4 is 11.1 Å². The van der Waals surface area contributed by atoms with Crippen molar-refractivity contribution < 1.29 is 4.74 Å². The molecular weight excluding hydrogens is 296 g/mol. The highest BCUT2D eigenvalue weighted by molar-refractivity contribution is 5.39. The molecule has 2 atom stereocenters. The Kier molecular flexibility index (Phi) is 5.82. The first-order valence-electron chi connectivity index (χ1n) is 9.14. The fourth-order valence-corrected chi connectivity index (χ4v) is 2.86. The molecule has 3 nitrogen and oxygen atoms in total. The molecule has 2 aliphatic rings. The van der Waals surface area contributed by atoms with E-state index in [-0.39, 0.29) is 5.92 Å². The SMILES string of the molecule is CC(/C(N)=C/NCC1CCCCO1)c1ccc(C#CC2CC2)cc1. The van der Waals surface area contributed by atoms with Gasteiger partial charge in [-0.05, 0) is 49.8 Å². The number of nitrogens with two attached hydrogens (primary N) is 1. The van der Waals surface area contributed by atoms with E-state index in [0.29, 0.717) is 12.0 Å². The van der Waals surface area contributed by atoms with Gasteiger partial charge in [0.2, 0.25) is 0 Å². The van der Waals surface area contributed by atoms with Crippen molar-refractivity contribution in [3.05, 3.63) is 47.3 Å². The van der Waals surface area contributed by atoms with Crippen LogP contribution in [0.1, 0.15) is 56.1 Å². The molecule has 1 aromatic carbocycles. The Morgan fingerprint density at radius 2 is 2.08 bits per heavy atom. The quantitative estimate of drug-likeness (QED) is 0.815. The van der Waals surface area contributed by atoms with Crippen LogP contribution in [0.25, 0.3) is 0 Å². The third kappa shape index (κ3) is 5.04. The van der Waals surface area contributed by atoms with E-state index in [1.165, 1.54) is 31.2 Å². The minimum atomic E-state index is 0.190. The fraction of sp³-hybridized carbons (Fsp3) is 0.524. The highest BCUT2D eigenvalue weighted by atomic mass is 16.5. The van der Waals surface area contributed by atoms with Crippen molar-refractivity contribution in [2.45, 2.75) is 51.0 Å². The Morgan fingerprint density at radius 3 is 2.75 bits per heavy atom. The van der Waals surface area contributed by atoms with Crippen LogP contribution in [0, 0.1) is 17.8 Å². The maximum atomic E-state index is 6.24. The summed E-state index contributed by atoms with van der Waals surface area (Å²) in [6.07, 6.45) is 8.38. The molecular formula is C21H28N2O. The Labute approximate surface area is 145 Å². The summed E-state index contributed by atoms with van der Waals surface area (Å²) < 4.78 is 5.72. The van der Waals surface area contributed by atoms with E-state index < -0.39 is 0 Å². The molecule has 0 spiro atoms. The van der Waals surface area contributed by atoms with Crippen molar-refractivity contribution in [1.82, 2.24) is 5.32 Å². The van der Waals surface area contributed by atoms with Crippen LogP contribution in [-0.2, 0) is 4.74 Å². The van der Waals surface area contributed by atoms with Gasteiger partial charge in [0.1, 0.15) is 0 Å². The molecule has 128 valence electrons. The van der Waals surface area contributed by atoms with Gasteiger partial charge in [-0.3, -0.25) is 0 Å². The molecule has 3 N–H and O–H groups in total. The molecule has 1 heterocycles. The number of allylic oxidation sites excluding steroid dienone is 1. The summed E-state index contributed by atoms with van der Waals surface area (Å²) in [5.74, 6) is 7.38. The Bertz CT molecular complexity index is 613. The van der Waals surface area contributed by atoms with Gasteiger partial charge in [-0.2, -0.15) is 0 Å². The van der Waals surface area contributed by atoms with E-state index in [4.69, 9.17) is 10.5 Å². The zero-order valence-electron chi connectivity index (χ0n) is 14.6. The van der Waals surface area contributed by atoms with Crippen molar-refractivity contribution in [2.24, 2.45) is 11.7 Å². The van der Waals surface area contributed by atoms with Gasteiger partial charge in [-0.25, -0.2) is 0 Å². The maximum Gasteiger partial charge on any atom is 0.0747 e. The van der Waals surface area contributed by atoms with Crippen molar-refractivity contribution in [3.8, 4) is 11.8 Å². The lowest BCUT2D eigenvalue weighted by Crippen LogP contribution is -2.30. The molecule has 3 rings (SSSR count). The van der Waals surface area contributed by atoms with Gasteiger partial charge in [-0.15, -0.1) is 0 Å². The van der Waals surface area contributed by atoms with Crippen LogP contribution in [0.15, 0.2) is 36.2 Å². The van der Waals surface area contributed by atoms with Crippen LogP contribution >= 0.6 is 0 Å². The van der Waals surface area contributed by atoms with Crippen molar-refractivity contribution in [2.75, 3.05) is 13.2 Å². The van der Waals surface area contributed by atoms with Crippen molar-refractivity contribution in [1.29, 1.82) is 0 Å². The number of hydrogen-bond acceptors (Lipinski definition) is 3. The molecule has 2 fully saturated rings. The average molecular weight is 324 g/mol. The highest BCUT2D eigenvalue weighted by Gasteiger charge is 2.17. The van der Waals surface area contributed by atoms with Crippen LogP contribution in [0.2, 0.25) is 0 Å². The predicted molar refractivity (Wildman–Crippen MR) is 98.3 cm³/mol. The monoisotopic (exact) mass is 324 g/mol. The largest absolute Gasteiger partial charge is 0.400 e. The number of nitrogens with one attached hydrogen (secondary N) is 1. The van der Waals surface area contributed by atoms with Gasteiger partial charge in [0, 0.05) is 42.4 Å². The second-order valence-corrected chi connectivity index (χ2v) is 6.93. The lowest BCUT2D eigenvalue weighted by atomic mass is 9.97. The minimum Gasteiger partial charge on any atom is -0.400 e. The Hall–Kier alpha value is -1.92. The molecule has 24 heavy (non-hydrogen) atoms. The van der Waals surface area contributed by atoms with E-state index in [0.717, 1.165) is 30.8 Å².